The molecule has 1 fully saturated rings. The summed E-state index contributed by atoms with van der Waals surface area (Å²) >= 11 is 0. The third-order valence-corrected chi connectivity index (χ3v) is 4.89. The Morgan fingerprint density at radius 2 is 1.67 bits per heavy atom. The van der Waals surface area contributed by atoms with Crippen LogP contribution in [0.15, 0.2) is 67.0 Å². The van der Waals surface area contributed by atoms with E-state index >= 15 is 0 Å². The second-order valence-corrected chi connectivity index (χ2v) is 7.08. The molecule has 3 aromatic rings. The monoisotopic (exact) mass is 403 g/mol. The van der Waals surface area contributed by atoms with Crippen LogP contribution < -0.4 is 20.3 Å². The van der Waals surface area contributed by atoms with Crippen molar-refractivity contribution in [2.24, 2.45) is 0 Å². The van der Waals surface area contributed by atoms with Crippen LogP contribution in [0.5, 0.6) is 11.5 Å². The van der Waals surface area contributed by atoms with Crippen LogP contribution in [0.25, 0.3) is 0 Å². The molecule has 1 aliphatic heterocycles. The number of anilines is 2. The topological polar surface area (TPSA) is 79.4 Å². The van der Waals surface area contributed by atoms with Crippen LogP contribution in [0, 0.1) is 0 Å². The van der Waals surface area contributed by atoms with Crippen LogP contribution in [0.4, 0.5) is 11.6 Å². The van der Waals surface area contributed by atoms with Gasteiger partial charge < -0.3 is 20.3 Å². The summed E-state index contributed by atoms with van der Waals surface area (Å²) in [6.45, 7) is 3.16. The molecule has 1 amide bonds. The lowest BCUT2D eigenvalue weighted by molar-refractivity contribution is 0.0955. The average Bonchev–Trinajstić information content (AvgIpc) is 3.33. The normalized spacial score (nSPS) is 13.1. The number of nitrogens with zero attached hydrogens (tertiary/aromatic N) is 3. The molecule has 0 radical (unpaired) electrons. The summed E-state index contributed by atoms with van der Waals surface area (Å²) in [5, 5.41) is 6.15. The summed E-state index contributed by atoms with van der Waals surface area (Å²) in [6, 6.07) is 18.6. The fourth-order valence-electron chi connectivity index (χ4n) is 3.33. The van der Waals surface area contributed by atoms with E-state index < -0.39 is 0 Å². The van der Waals surface area contributed by atoms with Gasteiger partial charge in [-0.05, 0) is 49.2 Å². The van der Waals surface area contributed by atoms with Gasteiger partial charge in [0.1, 0.15) is 29.5 Å². The maximum absolute atomic E-state index is 12.3. The predicted molar refractivity (Wildman–Crippen MR) is 117 cm³/mol. The number of nitrogens with one attached hydrogen (secondary N) is 2. The minimum atomic E-state index is -0.122. The SMILES string of the molecule is O=C(NCCNc1cc(N2CCCC2)ncn1)c1ccc(Oc2ccccc2)cc1. The van der Waals surface area contributed by atoms with Crippen LogP contribution in [0.1, 0.15) is 23.2 Å². The van der Waals surface area contributed by atoms with E-state index in [0.717, 1.165) is 30.5 Å². The molecule has 30 heavy (non-hydrogen) atoms. The molecule has 7 heteroatoms. The number of hydrogen-bond acceptors (Lipinski definition) is 6. The van der Waals surface area contributed by atoms with Gasteiger partial charge in [-0.25, -0.2) is 9.97 Å². The van der Waals surface area contributed by atoms with Crippen molar-refractivity contribution in [1.29, 1.82) is 0 Å². The Morgan fingerprint density at radius 1 is 0.933 bits per heavy atom. The highest BCUT2D eigenvalue weighted by atomic mass is 16.5. The second kappa shape index (κ2) is 9.73. The van der Waals surface area contributed by atoms with E-state index in [1.165, 1.54) is 12.8 Å². The van der Waals surface area contributed by atoms with E-state index in [-0.39, 0.29) is 5.91 Å². The van der Waals surface area contributed by atoms with Gasteiger partial charge in [-0.15, -0.1) is 0 Å². The number of amides is 1. The number of rotatable bonds is 8. The molecule has 2 N–H and O–H groups in total. The largest absolute Gasteiger partial charge is 0.457 e. The summed E-state index contributed by atoms with van der Waals surface area (Å²) in [7, 11) is 0. The maximum atomic E-state index is 12.3. The first-order chi connectivity index (χ1) is 14.8. The van der Waals surface area contributed by atoms with Crippen molar-refractivity contribution in [2.45, 2.75) is 12.8 Å². The van der Waals surface area contributed by atoms with Gasteiger partial charge in [0, 0.05) is 37.8 Å². The molecule has 0 saturated carbocycles. The highest BCUT2D eigenvalue weighted by Crippen LogP contribution is 2.21. The Morgan fingerprint density at radius 3 is 2.43 bits per heavy atom. The van der Waals surface area contributed by atoms with Gasteiger partial charge in [0.2, 0.25) is 0 Å². The molecule has 0 atom stereocenters. The molecule has 7 nitrogen and oxygen atoms in total. The lowest BCUT2D eigenvalue weighted by Crippen LogP contribution is -2.29. The zero-order chi connectivity index (χ0) is 20.6. The highest BCUT2D eigenvalue weighted by Gasteiger charge is 2.14. The molecule has 1 aromatic heterocycles. The smallest absolute Gasteiger partial charge is 0.251 e. The summed E-state index contributed by atoms with van der Waals surface area (Å²) in [5.74, 6) is 3.05. The summed E-state index contributed by atoms with van der Waals surface area (Å²) in [5.41, 5.74) is 0.591. The van der Waals surface area contributed by atoms with E-state index in [9.17, 15) is 4.79 Å². The van der Waals surface area contributed by atoms with Crippen molar-refractivity contribution in [3.8, 4) is 11.5 Å². The molecule has 154 valence electrons. The van der Waals surface area contributed by atoms with Crippen LogP contribution in [-0.4, -0.2) is 42.1 Å². The molecule has 2 heterocycles. The second-order valence-electron chi connectivity index (χ2n) is 7.08. The summed E-state index contributed by atoms with van der Waals surface area (Å²) in [4.78, 5) is 23.2. The van der Waals surface area contributed by atoms with Crippen molar-refractivity contribution >= 4 is 17.5 Å². The van der Waals surface area contributed by atoms with E-state index in [4.69, 9.17) is 4.74 Å². The molecule has 0 bridgehead atoms. The van der Waals surface area contributed by atoms with E-state index in [1.54, 1.807) is 30.6 Å². The van der Waals surface area contributed by atoms with Gasteiger partial charge in [0.25, 0.3) is 5.91 Å². The predicted octanol–water partition coefficient (Wildman–Crippen LogP) is 3.71. The number of carbonyl (C=O) groups excluding carboxylic acids is 1. The minimum absolute atomic E-state index is 0.122. The number of carbonyl (C=O) groups is 1. The summed E-state index contributed by atoms with van der Waals surface area (Å²) < 4.78 is 5.75. The summed E-state index contributed by atoms with van der Waals surface area (Å²) in [6.07, 6.45) is 3.99. The molecule has 2 aromatic carbocycles. The van der Waals surface area contributed by atoms with Crippen molar-refractivity contribution in [2.75, 3.05) is 36.4 Å². The minimum Gasteiger partial charge on any atom is -0.457 e. The molecule has 1 aliphatic rings. The third kappa shape index (κ3) is 5.26. The number of benzene rings is 2. The highest BCUT2D eigenvalue weighted by molar-refractivity contribution is 5.94. The molecule has 0 unspecified atom stereocenters. The zero-order valence-corrected chi connectivity index (χ0v) is 16.8. The Balaban J connectivity index is 1.22. The van der Waals surface area contributed by atoms with Gasteiger partial charge in [0.15, 0.2) is 0 Å². The van der Waals surface area contributed by atoms with Crippen molar-refractivity contribution < 1.29 is 9.53 Å². The van der Waals surface area contributed by atoms with Crippen molar-refractivity contribution in [3.05, 3.63) is 72.6 Å². The zero-order valence-electron chi connectivity index (χ0n) is 16.8. The number of aromatic nitrogens is 2. The molecule has 0 aliphatic carbocycles. The van der Waals surface area contributed by atoms with Gasteiger partial charge >= 0.3 is 0 Å². The standard InChI is InChI=1S/C23H25N5O2/c29-23(18-8-10-20(11-9-18)30-19-6-2-1-3-7-19)25-13-12-24-21-16-22(27-17-26-21)28-14-4-5-15-28/h1-3,6-11,16-17H,4-5,12-15H2,(H,25,29)(H,24,26,27). The maximum Gasteiger partial charge on any atom is 0.251 e. The fraction of sp³-hybridized carbons (Fsp3) is 0.261. The lowest BCUT2D eigenvalue weighted by atomic mass is 10.2. The van der Waals surface area contributed by atoms with E-state index in [1.807, 2.05) is 36.4 Å². The quantitative estimate of drug-likeness (QED) is 0.558. The Kier molecular flexibility index (Phi) is 6.39. The third-order valence-electron chi connectivity index (χ3n) is 4.89. The molecule has 1 saturated heterocycles. The van der Waals surface area contributed by atoms with Gasteiger partial charge in [-0.1, -0.05) is 18.2 Å². The first kappa shape index (κ1) is 19.7. The first-order valence-corrected chi connectivity index (χ1v) is 10.2. The molecule has 4 rings (SSSR count). The van der Waals surface area contributed by atoms with Crippen molar-refractivity contribution in [1.82, 2.24) is 15.3 Å². The van der Waals surface area contributed by atoms with Crippen LogP contribution in [-0.2, 0) is 0 Å². The number of hydrogen-bond donors (Lipinski definition) is 2. The number of ether oxygens (including phenoxy) is 1. The van der Waals surface area contributed by atoms with Crippen LogP contribution >= 0.6 is 0 Å². The van der Waals surface area contributed by atoms with Gasteiger partial charge in [-0.2, -0.15) is 0 Å². The Hall–Kier alpha value is -3.61. The van der Waals surface area contributed by atoms with Crippen LogP contribution in [0.2, 0.25) is 0 Å². The number of para-hydroxylation sites is 1. The average molecular weight is 403 g/mol. The van der Waals surface area contributed by atoms with Crippen molar-refractivity contribution in [3.63, 3.8) is 0 Å². The van der Waals surface area contributed by atoms with Gasteiger partial charge in [0.05, 0.1) is 0 Å². The Bertz CT molecular complexity index is 957. The van der Waals surface area contributed by atoms with E-state index in [0.29, 0.717) is 24.4 Å². The molecular weight excluding hydrogens is 378 g/mol. The van der Waals surface area contributed by atoms with Gasteiger partial charge in [-0.3, -0.25) is 4.79 Å². The molecule has 0 spiro atoms. The van der Waals surface area contributed by atoms with E-state index in [2.05, 4.69) is 25.5 Å². The van der Waals surface area contributed by atoms with Crippen LogP contribution in [0.3, 0.4) is 0 Å². The lowest BCUT2D eigenvalue weighted by Gasteiger charge is -2.16. The molecular formula is C23H25N5O2. The fourth-order valence-corrected chi connectivity index (χ4v) is 3.33. The first-order valence-electron chi connectivity index (χ1n) is 10.2. The Labute approximate surface area is 176 Å².